The van der Waals surface area contributed by atoms with Crippen LogP contribution >= 0.6 is 11.6 Å². The van der Waals surface area contributed by atoms with Gasteiger partial charge in [0, 0.05) is 50.1 Å². The van der Waals surface area contributed by atoms with Crippen molar-refractivity contribution in [3.8, 4) is 5.75 Å². The number of alkyl halides is 1. The molecule has 7 N–H and O–H groups in total. The molecule has 0 bridgehead atoms. The SMILES string of the molecule is CN(C)c1cc(NCC(CCl)N=O)c(O)c2c1C[C@H]1C[C@H]3CC(O)=C(C(N)=O)C(=O)[C@@]3(O)C(O)=C1C2=O. The predicted molar refractivity (Wildman–Crippen MR) is 134 cm³/mol. The van der Waals surface area contributed by atoms with E-state index in [1.807, 2.05) is 0 Å². The molecule has 1 aromatic rings. The van der Waals surface area contributed by atoms with Crippen molar-refractivity contribution in [2.24, 2.45) is 22.7 Å². The molecule has 198 valence electrons. The number of phenolic OH excluding ortho intramolecular Hbond substituents is 1. The molecule has 0 radical (unpaired) electrons. The molecule has 0 saturated heterocycles. The number of carbonyl (C=O) groups is 3. The van der Waals surface area contributed by atoms with Crippen molar-refractivity contribution in [2.45, 2.75) is 30.9 Å². The molecule has 37 heavy (non-hydrogen) atoms. The Morgan fingerprint density at radius 1 is 1.30 bits per heavy atom. The van der Waals surface area contributed by atoms with Gasteiger partial charge in [-0.3, -0.25) is 14.4 Å². The number of anilines is 2. The number of nitrogens with two attached hydrogens (primary N) is 1. The highest BCUT2D eigenvalue weighted by atomic mass is 35.5. The van der Waals surface area contributed by atoms with Crippen molar-refractivity contribution in [3.63, 3.8) is 0 Å². The summed E-state index contributed by atoms with van der Waals surface area (Å²) in [6.45, 7) is -0.0152. The van der Waals surface area contributed by atoms with Crippen LogP contribution in [-0.4, -0.2) is 76.1 Å². The molecular formula is C24H27ClN4O8. The van der Waals surface area contributed by atoms with Crippen molar-refractivity contribution in [3.05, 3.63) is 44.8 Å². The lowest BCUT2D eigenvalue weighted by atomic mass is 9.60. The number of fused-ring (bicyclic) bond motifs is 3. The molecule has 0 spiro atoms. The van der Waals surface area contributed by atoms with Crippen LogP contribution in [0, 0.1) is 16.7 Å². The molecule has 4 rings (SSSR count). The first kappa shape index (κ1) is 26.4. The van der Waals surface area contributed by atoms with Gasteiger partial charge in [-0.15, -0.1) is 11.6 Å². The fraction of sp³-hybridized carbons (Fsp3) is 0.458. The second-order valence-corrected chi connectivity index (χ2v) is 10.1. The Bertz CT molecular complexity index is 1290. The van der Waals surface area contributed by atoms with Gasteiger partial charge in [0.1, 0.15) is 28.9 Å². The molecule has 0 saturated carbocycles. The third kappa shape index (κ3) is 3.91. The Morgan fingerprint density at radius 2 is 1.97 bits per heavy atom. The highest BCUT2D eigenvalue weighted by Gasteiger charge is 2.59. The van der Waals surface area contributed by atoms with E-state index in [1.165, 1.54) is 0 Å². The molecule has 0 fully saturated rings. The van der Waals surface area contributed by atoms with Crippen molar-refractivity contribution in [2.75, 3.05) is 36.7 Å². The Balaban J connectivity index is 1.86. The van der Waals surface area contributed by atoms with E-state index in [0.29, 0.717) is 11.3 Å². The maximum absolute atomic E-state index is 13.8. The maximum Gasteiger partial charge on any atom is 0.255 e. The van der Waals surface area contributed by atoms with Gasteiger partial charge >= 0.3 is 0 Å². The Kier molecular flexibility index (Phi) is 6.67. The average Bonchev–Trinajstić information content (AvgIpc) is 2.82. The zero-order valence-corrected chi connectivity index (χ0v) is 20.9. The number of aliphatic hydroxyl groups is 3. The normalized spacial score (nSPS) is 25.7. The predicted octanol–water partition coefficient (Wildman–Crippen LogP) is 1.43. The van der Waals surface area contributed by atoms with Crippen LogP contribution in [0.5, 0.6) is 5.75 Å². The Morgan fingerprint density at radius 3 is 2.54 bits per heavy atom. The van der Waals surface area contributed by atoms with E-state index < -0.39 is 63.8 Å². The number of allylic oxidation sites excluding steroid dienone is 2. The number of benzene rings is 1. The number of aromatic hydroxyl groups is 1. The summed E-state index contributed by atoms with van der Waals surface area (Å²) in [5, 5.41) is 49.6. The fourth-order valence-corrected chi connectivity index (χ4v) is 5.71. The van der Waals surface area contributed by atoms with Gasteiger partial charge in [-0.05, 0) is 30.4 Å². The minimum absolute atomic E-state index is 0.0152. The monoisotopic (exact) mass is 534 g/mol. The van der Waals surface area contributed by atoms with Crippen LogP contribution in [0.1, 0.15) is 28.8 Å². The minimum atomic E-state index is -2.63. The van der Waals surface area contributed by atoms with E-state index in [1.54, 1.807) is 25.1 Å². The Hall–Kier alpha value is -3.64. The van der Waals surface area contributed by atoms with E-state index in [4.69, 9.17) is 17.3 Å². The second kappa shape index (κ2) is 9.34. The number of ketones is 2. The molecule has 0 aromatic heterocycles. The van der Waals surface area contributed by atoms with Gasteiger partial charge in [-0.1, -0.05) is 5.18 Å². The molecule has 13 heteroatoms. The molecule has 12 nitrogen and oxygen atoms in total. The molecule has 1 unspecified atom stereocenters. The first-order valence-corrected chi connectivity index (χ1v) is 12.1. The fourth-order valence-electron chi connectivity index (χ4n) is 5.55. The van der Waals surface area contributed by atoms with E-state index >= 15 is 0 Å². The van der Waals surface area contributed by atoms with Crippen LogP contribution in [0.25, 0.3) is 0 Å². The van der Waals surface area contributed by atoms with Gasteiger partial charge in [-0.25, -0.2) is 0 Å². The first-order valence-electron chi connectivity index (χ1n) is 11.5. The molecule has 3 aliphatic rings. The van der Waals surface area contributed by atoms with Crippen LogP contribution in [0.2, 0.25) is 0 Å². The van der Waals surface area contributed by atoms with Crippen molar-refractivity contribution in [1.29, 1.82) is 0 Å². The van der Waals surface area contributed by atoms with Crippen molar-refractivity contribution >= 4 is 40.4 Å². The lowest BCUT2D eigenvalue weighted by Crippen LogP contribution is -2.57. The largest absolute Gasteiger partial charge is 0.511 e. The number of hydrogen-bond acceptors (Lipinski definition) is 11. The summed E-state index contributed by atoms with van der Waals surface area (Å²) in [7, 11) is 3.48. The number of nitroso groups, excluding NO2 is 1. The van der Waals surface area contributed by atoms with E-state index in [-0.39, 0.29) is 48.5 Å². The average molecular weight is 535 g/mol. The van der Waals surface area contributed by atoms with Gasteiger partial charge in [0.25, 0.3) is 5.91 Å². The number of Topliss-reactive ketones (excluding diaryl/α,β-unsaturated/α-hetero) is 2. The van der Waals surface area contributed by atoms with Gasteiger partial charge in [0.05, 0.1) is 11.3 Å². The van der Waals surface area contributed by atoms with Crippen LogP contribution in [0.3, 0.4) is 0 Å². The lowest BCUT2D eigenvalue weighted by molar-refractivity contribution is -0.144. The number of nitrogens with one attached hydrogen (secondary N) is 1. The van der Waals surface area contributed by atoms with Gasteiger partial charge in [0.2, 0.25) is 5.78 Å². The smallest absolute Gasteiger partial charge is 0.255 e. The summed E-state index contributed by atoms with van der Waals surface area (Å²) in [4.78, 5) is 51.3. The molecule has 3 aliphatic carbocycles. The van der Waals surface area contributed by atoms with Crippen molar-refractivity contribution in [1.82, 2.24) is 0 Å². The number of primary amides is 1. The molecule has 1 aromatic carbocycles. The molecule has 0 aliphatic heterocycles. The topological polar surface area (TPSA) is 203 Å². The number of carbonyl (C=O) groups excluding carboxylic acids is 3. The lowest BCUT2D eigenvalue weighted by Gasteiger charge is -2.46. The van der Waals surface area contributed by atoms with Crippen LogP contribution in [0.15, 0.2) is 33.9 Å². The number of rotatable bonds is 7. The highest BCUT2D eigenvalue weighted by Crippen LogP contribution is 2.53. The van der Waals surface area contributed by atoms with Crippen molar-refractivity contribution < 1.29 is 34.8 Å². The van der Waals surface area contributed by atoms with Crippen LogP contribution in [-0.2, 0) is 16.0 Å². The second-order valence-electron chi connectivity index (χ2n) is 9.74. The summed E-state index contributed by atoms with van der Waals surface area (Å²) in [5.41, 5.74) is 2.58. The van der Waals surface area contributed by atoms with E-state index in [2.05, 4.69) is 10.5 Å². The van der Waals surface area contributed by atoms with Gasteiger partial charge in [-0.2, -0.15) is 4.91 Å². The zero-order chi connectivity index (χ0) is 27.4. The van der Waals surface area contributed by atoms with Gasteiger partial charge in [0.15, 0.2) is 11.4 Å². The van der Waals surface area contributed by atoms with Crippen LogP contribution < -0.4 is 16.0 Å². The quantitative estimate of drug-likeness (QED) is 0.128. The number of aliphatic hydroxyl groups excluding tert-OH is 2. The minimum Gasteiger partial charge on any atom is -0.511 e. The van der Waals surface area contributed by atoms with E-state index in [9.17, 15) is 39.7 Å². The standard InChI is InChI=1S/C24H27ClN4O8/c1-29(2)14-6-13(27-8-11(7-25)28-37)19(31)17-12(14)4-9-3-10-5-15(30)18(23(26)35)22(34)24(10,36)21(33)16(9)20(17)32/h6,9-11,27,30-31,33,36H,3-5,7-8H2,1-2H3,(H2,26,35)/t9-,10+,11?,24+/m1/s1. The number of halogens is 1. The number of hydrogen-bond donors (Lipinski definition) is 6. The summed E-state index contributed by atoms with van der Waals surface area (Å²) >= 11 is 5.71. The highest BCUT2D eigenvalue weighted by molar-refractivity contribution is 6.24. The third-order valence-corrected chi connectivity index (χ3v) is 7.73. The number of nitrogens with zero attached hydrogens (tertiary/aromatic N) is 2. The Labute approximate surface area is 216 Å². The summed E-state index contributed by atoms with van der Waals surface area (Å²) < 4.78 is 0. The third-order valence-electron chi connectivity index (χ3n) is 7.38. The summed E-state index contributed by atoms with van der Waals surface area (Å²) in [6.07, 6.45) is -0.0779. The maximum atomic E-state index is 13.8. The molecular weight excluding hydrogens is 508 g/mol. The number of amides is 1. The number of phenols is 1. The van der Waals surface area contributed by atoms with Crippen LogP contribution in [0.4, 0.5) is 11.4 Å². The first-order chi connectivity index (χ1) is 17.4. The summed E-state index contributed by atoms with van der Waals surface area (Å²) in [5.74, 6) is -6.99. The molecule has 4 atom stereocenters. The molecule has 1 amide bonds. The summed E-state index contributed by atoms with van der Waals surface area (Å²) in [6, 6.07) is 0.820. The molecule has 0 heterocycles. The zero-order valence-electron chi connectivity index (χ0n) is 20.1. The van der Waals surface area contributed by atoms with Gasteiger partial charge < -0.3 is 36.4 Å². The van der Waals surface area contributed by atoms with E-state index in [0.717, 1.165) is 0 Å².